The summed E-state index contributed by atoms with van der Waals surface area (Å²) in [4.78, 5) is 10.9. The first-order chi connectivity index (χ1) is 10.5. The highest BCUT2D eigenvalue weighted by Crippen LogP contribution is 2.23. The third-order valence-electron chi connectivity index (χ3n) is 4.37. The highest BCUT2D eigenvalue weighted by Gasteiger charge is 2.18. The van der Waals surface area contributed by atoms with Crippen molar-refractivity contribution in [2.24, 2.45) is 5.41 Å². The van der Waals surface area contributed by atoms with Crippen molar-refractivity contribution in [3.63, 3.8) is 0 Å². The number of allylic oxidation sites excluding steroid dienone is 2. The van der Waals surface area contributed by atoms with Crippen LogP contribution in [-0.2, 0) is 4.79 Å². The maximum atomic E-state index is 10.9. The Balaban J connectivity index is 3.29. The van der Waals surface area contributed by atoms with Gasteiger partial charge in [0, 0.05) is 11.4 Å². The molecule has 0 aliphatic heterocycles. The van der Waals surface area contributed by atoms with Crippen molar-refractivity contribution in [1.82, 2.24) is 0 Å². The molecule has 2 nitrogen and oxygen atoms in total. The maximum Gasteiger partial charge on any atom is 0.0470 e. The third-order valence-corrected chi connectivity index (χ3v) is 4.37. The number of hydrogen-bond acceptors (Lipinski definition) is 2. The van der Waals surface area contributed by atoms with Crippen molar-refractivity contribution in [1.29, 1.82) is 0 Å². The van der Waals surface area contributed by atoms with E-state index in [-0.39, 0.29) is 0 Å². The summed E-state index contributed by atoms with van der Waals surface area (Å²) in [5.74, 6) is -0.926. The van der Waals surface area contributed by atoms with E-state index in [1.54, 1.807) is 13.8 Å². The first kappa shape index (κ1) is 21.2. The summed E-state index contributed by atoms with van der Waals surface area (Å²) in [6, 6.07) is 0. The van der Waals surface area contributed by atoms with Crippen molar-refractivity contribution in [3.05, 3.63) is 12.2 Å². The fraction of sp³-hybridized carbons (Fsp3) is 0.850. The number of carboxylic acids is 1. The number of carboxylic acid groups (broad SMARTS) is 1. The number of hydrogen-bond donors (Lipinski definition) is 0. The summed E-state index contributed by atoms with van der Waals surface area (Å²) in [6.07, 6.45) is 20.5. The number of unbranched alkanes of at least 4 members (excludes halogenated alkanes) is 10. The van der Waals surface area contributed by atoms with Crippen LogP contribution in [0.4, 0.5) is 0 Å². The smallest absolute Gasteiger partial charge is 0.0470 e. The molecular weight excluding hydrogens is 272 g/mol. The van der Waals surface area contributed by atoms with Crippen LogP contribution in [0.15, 0.2) is 12.2 Å². The molecule has 0 aromatic rings. The van der Waals surface area contributed by atoms with E-state index in [4.69, 9.17) is 0 Å². The Morgan fingerprint density at radius 2 is 1.27 bits per heavy atom. The second-order valence-electron chi connectivity index (χ2n) is 7.15. The molecule has 0 amide bonds. The minimum absolute atomic E-state index is 0.670. The molecule has 0 fully saturated rings. The normalized spacial score (nSPS) is 12.1. The van der Waals surface area contributed by atoms with Gasteiger partial charge in [-0.2, -0.15) is 0 Å². The van der Waals surface area contributed by atoms with Gasteiger partial charge in [0.05, 0.1) is 0 Å². The van der Waals surface area contributed by atoms with Gasteiger partial charge in [-0.05, 0) is 32.1 Å². The Bertz CT molecular complexity index is 292. The van der Waals surface area contributed by atoms with Crippen molar-refractivity contribution in [2.45, 2.75) is 104 Å². The summed E-state index contributed by atoms with van der Waals surface area (Å²) in [6.45, 7) is 5.77. The predicted octanol–water partition coefficient (Wildman–Crippen LogP) is 5.41. The molecule has 0 saturated heterocycles. The lowest BCUT2D eigenvalue weighted by Crippen LogP contribution is -2.37. The summed E-state index contributed by atoms with van der Waals surface area (Å²) < 4.78 is 0. The summed E-state index contributed by atoms with van der Waals surface area (Å²) in [7, 11) is 0. The second-order valence-corrected chi connectivity index (χ2v) is 7.15. The molecule has 0 aromatic carbocycles. The molecule has 0 atom stereocenters. The van der Waals surface area contributed by atoms with Crippen molar-refractivity contribution in [2.75, 3.05) is 0 Å². The highest BCUT2D eigenvalue weighted by molar-refractivity contribution is 5.71. The molecule has 0 aromatic heterocycles. The topological polar surface area (TPSA) is 40.1 Å². The fourth-order valence-electron chi connectivity index (χ4n) is 2.56. The molecule has 130 valence electrons. The van der Waals surface area contributed by atoms with Crippen LogP contribution in [0.5, 0.6) is 0 Å². The van der Waals surface area contributed by atoms with E-state index in [0.717, 1.165) is 19.3 Å². The minimum Gasteiger partial charge on any atom is -0.550 e. The zero-order valence-corrected chi connectivity index (χ0v) is 15.2. The predicted molar refractivity (Wildman–Crippen MR) is 93.6 cm³/mol. The number of carbonyl (C=O) groups excluding carboxylic acids is 1. The molecule has 0 radical (unpaired) electrons. The van der Waals surface area contributed by atoms with Crippen LogP contribution in [0.25, 0.3) is 0 Å². The van der Waals surface area contributed by atoms with E-state index in [9.17, 15) is 9.90 Å². The molecule has 0 unspecified atom stereocenters. The first-order valence-electron chi connectivity index (χ1n) is 9.37. The van der Waals surface area contributed by atoms with Crippen LogP contribution < -0.4 is 5.11 Å². The monoisotopic (exact) mass is 309 g/mol. The van der Waals surface area contributed by atoms with Crippen molar-refractivity contribution >= 4 is 5.97 Å². The highest BCUT2D eigenvalue weighted by atomic mass is 16.4. The summed E-state index contributed by atoms with van der Waals surface area (Å²) >= 11 is 0. The molecule has 0 aliphatic carbocycles. The van der Waals surface area contributed by atoms with Gasteiger partial charge in [0.1, 0.15) is 0 Å². The summed E-state index contributed by atoms with van der Waals surface area (Å²) in [5.41, 5.74) is -0.670. The van der Waals surface area contributed by atoms with Crippen LogP contribution >= 0.6 is 0 Å². The Hall–Kier alpha value is -0.790. The number of rotatable bonds is 15. The lowest BCUT2D eigenvalue weighted by Gasteiger charge is -2.25. The molecule has 0 aliphatic rings. The van der Waals surface area contributed by atoms with E-state index in [2.05, 4.69) is 19.1 Å². The average molecular weight is 310 g/mol. The van der Waals surface area contributed by atoms with Crippen molar-refractivity contribution < 1.29 is 9.90 Å². The molecule has 0 saturated carbocycles. The van der Waals surface area contributed by atoms with Gasteiger partial charge in [-0.25, -0.2) is 0 Å². The fourth-order valence-corrected chi connectivity index (χ4v) is 2.56. The van der Waals surface area contributed by atoms with Gasteiger partial charge in [-0.3, -0.25) is 0 Å². The molecule has 0 N–H and O–H groups in total. The van der Waals surface area contributed by atoms with Gasteiger partial charge in [-0.1, -0.05) is 84.3 Å². The maximum absolute atomic E-state index is 10.9. The van der Waals surface area contributed by atoms with Gasteiger partial charge in [-0.15, -0.1) is 0 Å². The van der Waals surface area contributed by atoms with Crippen LogP contribution in [0.1, 0.15) is 104 Å². The lowest BCUT2D eigenvalue weighted by molar-refractivity contribution is -0.317. The van der Waals surface area contributed by atoms with Crippen LogP contribution in [0.2, 0.25) is 0 Å². The Morgan fingerprint density at radius 1 is 0.818 bits per heavy atom. The number of aliphatic carboxylic acids is 1. The van der Waals surface area contributed by atoms with E-state index in [0.29, 0.717) is 0 Å². The quantitative estimate of drug-likeness (QED) is 0.300. The molecule has 2 heteroatoms. The van der Waals surface area contributed by atoms with E-state index in [1.807, 2.05) is 0 Å². The molecule has 0 bridgehead atoms. The largest absolute Gasteiger partial charge is 0.550 e. The lowest BCUT2D eigenvalue weighted by atomic mass is 9.87. The van der Waals surface area contributed by atoms with Gasteiger partial charge in [0.2, 0.25) is 0 Å². The molecule has 22 heavy (non-hydrogen) atoms. The minimum atomic E-state index is -0.926. The number of carbonyl (C=O) groups is 1. The van der Waals surface area contributed by atoms with Gasteiger partial charge < -0.3 is 9.90 Å². The second kappa shape index (κ2) is 13.8. The zero-order chi connectivity index (χ0) is 16.7. The standard InChI is InChI=1S/C20H38O2/c1-4-5-6-7-8-9-10-11-12-13-14-15-16-17-18-20(2,3)19(21)22/h11-12H,4-10,13-18H2,1-3H3,(H,21,22)/p-1/b12-11+. The first-order valence-corrected chi connectivity index (χ1v) is 9.37. The molecule has 0 spiro atoms. The van der Waals surface area contributed by atoms with Gasteiger partial charge >= 0.3 is 0 Å². The SMILES string of the molecule is CCCCCCCC/C=C/CCCCCCC(C)(C)C(=O)[O-]. The van der Waals surface area contributed by atoms with Gasteiger partial charge in [0.15, 0.2) is 0 Å². The van der Waals surface area contributed by atoms with Crippen LogP contribution in [0.3, 0.4) is 0 Å². The van der Waals surface area contributed by atoms with Crippen LogP contribution in [0, 0.1) is 5.41 Å². The Morgan fingerprint density at radius 3 is 1.77 bits per heavy atom. The zero-order valence-electron chi connectivity index (χ0n) is 15.2. The Kier molecular flexibility index (Phi) is 13.3. The molecule has 0 heterocycles. The van der Waals surface area contributed by atoms with Gasteiger partial charge in [0.25, 0.3) is 0 Å². The summed E-state index contributed by atoms with van der Waals surface area (Å²) in [5, 5.41) is 10.9. The van der Waals surface area contributed by atoms with E-state index in [1.165, 1.54) is 64.2 Å². The molecular formula is C20H37O2-. The van der Waals surface area contributed by atoms with Crippen molar-refractivity contribution in [3.8, 4) is 0 Å². The molecule has 0 rings (SSSR count). The average Bonchev–Trinajstić information content (AvgIpc) is 2.47. The van der Waals surface area contributed by atoms with E-state index < -0.39 is 11.4 Å². The van der Waals surface area contributed by atoms with E-state index >= 15 is 0 Å². The third kappa shape index (κ3) is 12.9. The Labute approximate surface area is 138 Å². The van der Waals surface area contributed by atoms with Crippen LogP contribution in [-0.4, -0.2) is 5.97 Å².